The second kappa shape index (κ2) is 22.0. The lowest BCUT2D eigenvalue weighted by Crippen LogP contribution is -2.11. The predicted molar refractivity (Wildman–Crippen MR) is 68.8 cm³/mol. The molecule has 6 heteroatoms. The Morgan fingerprint density at radius 3 is 1.28 bits per heavy atom. The molecule has 0 atom stereocenters. The lowest BCUT2D eigenvalue weighted by molar-refractivity contribution is 0.00230. The van der Waals surface area contributed by atoms with Gasteiger partial charge < -0.3 is 29.2 Å². The van der Waals surface area contributed by atoms with Gasteiger partial charge in [0.25, 0.3) is 0 Å². The highest BCUT2D eigenvalue weighted by Gasteiger charge is 1.89. The predicted octanol–water partition coefficient (Wildman–Crippen LogP) is 0.0636. The van der Waals surface area contributed by atoms with Crippen LogP contribution in [0.3, 0.4) is 0 Å². The Morgan fingerprint density at radius 1 is 0.667 bits per heavy atom. The Kier molecular flexibility index (Phi) is 24.5. The molecule has 0 radical (unpaired) electrons. The first-order valence-corrected chi connectivity index (χ1v) is 6.27. The van der Waals surface area contributed by atoms with Crippen LogP contribution in [-0.2, 0) is 18.9 Å². The summed E-state index contributed by atoms with van der Waals surface area (Å²) in [5.41, 5.74) is 0. The van der Waals surface area contributed by atoms with E-state index in [2.05, 4.69) is 6.92 Å². The summed E-state index contributed by atoms with van der Waals surface area (Å²) in [6.07, 6.45) is 1.12. The van der Waals surface area contributed by atoms with E-state index >= 15 is 0 Å². The average Bonchev–Trinajstić information content (AvgIpc) is 2.39. The lowest BCUT2D eigenvalue weighted by atomic mass is 10.5. The van der Waals surface area contributed by atoms with Gasteiger partial charge in [0.2, 0.25) is 0 Å². The molecule has 0 rings (SSSR count). The van der Waals surface area contributed by atoms with Crippen molar-refractivity contribution in [2.24, 2.45) is 0 Å². The van der Waals surface area contributed by atoms with Crippen molar-refractivity contribution in [1.82, 2.24) is 0 Å². The Morgan fingerprint density at radius 2 is 1.06 bits per heavy atom. The molecule has 0 amide bonds. The largest absolute Gasteiger partial charge is 0.394 e. The zero-order chi connectivity index (χ0) is 13.9. The van der Waals surface area contributed by atoms with Gasteiger partial charge in [-0.3, -0.25) is 0 Å². The fourth-order valence-electron chi connectivity index (χ4n) is 0.875. The lowest BCUT2D eigenvalue weighted by Gasteiger charge is -2.04. The summed E-state index contributed by atoms with van der Waals surface area (Å²) in [5, 5.41) is 16.7. The molecule has 0 fully saturated rings. The second-order valence-corrected chi connectivity index (χ2v) is 3.28. The number of ether oxygens (including phenoxy) is 4. The molecule has 112 valence electrons. The molecule has 0 aromatic rings. The Hall–Kier alpha value is -0.240. The third kappa shape index (κ3) is 24.8. The maximum Gasteiger partial charge on any atom is 0.0701 e. The Labute approximate surface area is 110 Å². The molecule has 0 aromatic carbocycles. The molecule has 0 heterocycles. The van der Waals surface area contributed by atoms with Gasteiger partial charge in [-0.2, -0.15) is 0 Å². The quantitative estimate of drug-likeness (QED) is 0.488. The van der Waals surface area contributed by atoms with Crippen LogP contribution < -0.4 is 0 Å². The summed E-state index contributed by atoms with van der Waals surface area (Å²) in [6, 6.07) is 0. The molecule has 0 aliphatic heterocycles. The third-order valence-corrected chi connectivity index (χ3v) is 1.62. The fraction of sp³-hybridized carbons (Fsp3) is 1.00. The maximum atomic E-state index is 8.36. The van der Waals surface area contributed by atoms with Crippen LogP contribution in [0.5, 0.6) is 0 Å². The number of hydrogen-bond acceptors (Lipinski definition) is 6. The van der Waals surface area contributed by atoms with E-state index in [0.717, 1.165) is 13.0 Å². The van der Waals surface area contributed by atoms with E-state index in [-0.39, 0.29) is 13.2 Å². The van der Waals surface area contributed by atoms with Crippen molar-refractivity contribution in [2.45, 2.75) is 13.3 Å². The molecular weight excluding hydrogens is 240 g/mol. The van der Waals surface area contributed by atoms with Gasteiger partial charge in [0, 0.05) is 13.7 Å². The molecule has 0 saturated heterocycles. The van der Waals surface area contributed by atoms with Gasteiger partial charge in [0.15, 0.2) is 0 Å². The molecular formula is C12H28O6. The number of aliphatic hydroxyl groups is 2. The number of methoxy groups -OCH3 is 1. The average molecular weight is 268 g/mol. The van der Waals surface area contributed by atoms with Crippen molar-refractivity contribution in [3.8, 4) is 0 Å². The number of aliphatic hydroxyl groups excluding tert-OH is 2. The van der Waals surface area contributed by atoms with E-state index in [9.17, 15) is 0 Å². The van der Waals surface area contributed by atoms with Gasteiger partial charge in [-0.25, -0.2) is 0 Å². The summed E-state index contributed by atoms with van der Waals surface area (Å²) in [4.78, 5) is 0. The molecule has 0 aliphatic rings. The highest BCUT2D eigenvalue weighted by molar-refractivity contribution is 4.33. The number of rotatable bonds is 12. The van der Waals surface area contributed by atoms with E-state index in [0.29, 0.717) is 39.6 Å². The summed E-state index contributed by atoms with van der Waals surface area (Å²) in [7, 11) is 1.71. The molecule has 18 heavy (non-hydrogen) atoms. The normalized spacial score (nSPS) is 10.0. The van der Waals surface area contributed by atoms with Crippen LogP contribution in [-0.4, -0.2) is 76.8 Å². The van der Waals surface area contributed by atoms with Crippen LogP contribution in [0.25, 0.3) is 0 Å². The summed E-state index contributed by atoms with van der Waals surface area (Å²) < 4.78 is 19.7. The van der Waals surface area contributed by atoms with Crippen LogP contribution in [0.15, 0.2) is 0 Å². The first kappa shape index (κ1) is 20.1. The standard InChI is InChI=1S/C8H18O5.C4H10O/c9-1-3-11-5-7-13-8-6-12-4-2-10;1-3-4-5-2/h9-10H,1-8H2;3-4H2,1-2H3. The molecule has 0 saturated carbocycles. The SMILES string of the molecule is CCCOC.OCCOCCOCCOCCO. The summed E-state index contributed by atoms with van der Waals surface area (Å²) >= 11 is 0. The van der Waals surface area contributed by atoms with Gasteiger partial charge in [-0.15, -0.1) is 0 Å². The molecule has 0 aromatic heterocycles. The monoisotopic (exact) mass is 268 g/mol. The molecule has 0 unspecified atom stereocenters. The van der Waals surface area contributed by atoms with Crippen LogP contribution >= 0.6 is 0 Å². The number of hydrogen-bond donors (Lipinski definition) is 2. The van der Waals surface area contributed by atoms with E-state index in [1.807, 2.05) is 0 Å². The van der Waals surface area contributed by atoms with E-state index in [4.69, 9.17) is 29.2 Å². The summed E-state index contributed by atoms with van der Waals surface area (Å²) in [6.45, 7) is 5.74. The first-order chi connectivity index (χ1) is 8.83. The smallest absolute Gasteiger partial charge is 0.0701 e. The minimum atomic E-state index is 0.0413. The van der Waals surface area contributed by atoms with E-state index < -0.39 is 0 Å². The van der Waals surface area contributed by atoms with Crippen molar-refractivity contribution in [3.05, 3.63) is 0 Å². The maximum absolute atomic E-state index is 8.36. The fourth-order valence-corrected chi connectivity index (χ4v) is 0.875. The highest BCUT2D eigenvalue weighted by atomic mass is 16.5. The minimum Gasteiger partial charge on any atom is -0.394 e. The van der Waals surface area contributed by atoms with Crippen molar-refractivity contribution in [3.63, 3.8) is 0 Å². The van der Waals surface area contributed by atoms with Crippen LogP contribution in [0.4, 0.5) is 0 Å². The molecule has 6 nitrogen and oxygen atoms in total. The van der Waals surface area contributed by atoms with Gasteiger partial charge in [0.1, 0.15) is 0 Å². The van der Waals surface area contributed by atoms with Gasteiger partial charge in [-0.1, -0.05) is 6.92 Å². The molecule has 2 N–H and O–H groups in total. The zero-order valence-electron chi connectivity index (χ0n) is 11.6. The molecule has 0 bridgehead atoms. The minimum absolute atomic E-state index is 0.0413. The molecule has 0 spiro atoms. The van der Waals surface area contributed by atoms with Crippen molar-refractivity contribution < 1.29 is 29.2 Å². The van der Waals surface area contributed by atoms with Crippen LogP contribution in [0, 0.1) is 0 Å². The van der Waals surface area contributed by atoms with E-state index in [1.54, 1.807) is 7.11 Å². The van der Waals surface area contributed by atoms with Crippen molar-refractivity contribution >= 4 is 0 Å². The zero-order valence-corrected chi connectivity index (χ0v) is 11.6. The Balaban J connectivity index is 0. The summed E-state index contributed by atoms with van der Waals surface area (Å²) in [5.74, 6) is 0. The van der Waals surface area contributed by atoms with Gasteiger partial charge in [0.05, 0.1) is 52.9 Å². The van der Waals surface area contributed by atoms with Crippen molar-refractivity contribution in [2.75, 3.05) is 66.6 Å². The third-order valence-electron chi connectivity index (χ3n) is 1.62. The van der Waals surface area contributed by atoms with Gasteiger partial charge >= 0.3 is 0 Å². The first-order valence-electron chi connectivity index (χ1n) is 6.27. The topological polar surface area (TPSA) is 77.4 Å². The van der Waals surface area contributed by atoms with E-state index in [1.165, 1.54) is 0 Å². The van der Waals surface area contributed by atoms with Crippen molar-refractivity contribution in [1.29, 1.82) is 0 Å². The highest BCUT2D eigenvalue weighted by Crippen LogP contribution is 1.80. The van der Waals surface area contributed by atoms with Crippen LogP contribution in [0.1, 0.15) is 13.3 Å². The second-order valence-electron chi connectivity index (χ2n) is 3.28. The Bertz CT molecular complexity index is 111. The van der Waals surface area contributed by atoms with Gasteiger partial charge in [-0.05, 0) is 6.42 Å². The van der Waals surface area contributed by atoms with Crippen LogP contribution in [0.2, 0.25) is 0 Å². The molecule has 0 aliphatic carbocycles.